The number of hydrogen-bond donors (Lipinski definition) is 3. The highest BCUT2D eigenvalue weighted by molar-refractivity contribution is 7.22. The zero-order valence-electron chi connectivity index (χ0n) is 19.0. The zero-order valence-corrected chi connectivity index (χ0v) is 19.8. The average Bonchev–Trinajstić information content (AvgIpc) is 3.48. The molecule has 2 aromatic carbocycles. The van der Waals surface area contributed by atoms with E-state index < -0.39 is 12.0 Å². The van der Waals surface area contributed by atoms with Gasteiger partial charge in [0.15, 0.2) is 5.13 Å². The molecule has 1 atom stereocenters. The maximum absolute atomic E-state index is 12.6. The number of ether oxygens (including phenoxy) is 1. The first-order valence-corrected chi connectivity index (χ1v) is 11.8. The number of hydrogen-bond acceptors (Lipinski definition) is 10. The predicted octanol–water partition coefficient (Wildman–Crippen LogP) is 4.01. The highest BCUT2D eigenvalue weighted by Gasteiger charge is 2.19. The second kappa shape index (κ2) is 9.65. The first-order chi connectivity index (χ1) is 17.0. The number of pyridine rings is 1. The number of amides is 1. The van der Waals surface area contributed by atoms with Crippen LogP contribution in [-0.4, -0.2) is 50.4 Å². The Morgan fingerprint density at radius 3 is 2.91 bits per heavy atom. The highest BCUT2D eigenvalue weighted by atomic mass is 32.1. The van der Waals surface area contributed by atoms with Crippen LogP contribution in [0.25, 0.3) is 32.4 Å². The summed E-state index contributed by atoms with van der Waals surface area (Å²) in [6.07, 6.45) is 0.334. The van der Waals surface area contributed by atoms with Crippen molar-refractivity contribution in [1.82, 2.24) is 20.1 Å². The third-order valence-electron chi connectivity index (χ3n) is 5.23. The first-order valence-electron chi connectivity index (χ1n) is 11.0. The number of carbonyl (C=O) groups is 1. The van der Waals surface area contributed by atoms with Crippen LogP contribution in [0.4, 0.5) is 10.9 Å². The number of rotatable bonds is 8. The summed E-state index contributed by atoms with van der Waals surface area (Å²) in [5.74, 6) is 1.61. The normalized spacial score (nSPS) is 12.1. The van der Waals surface area contributed by atoms with Crippen molar-refractivity contribution in [2.45, 2.75) is 20.0 Å². The van der Waals surface area contributed by atoms with Crippen LogP contribution >= 0.6 is 11.3 Å². The Bertz CT molecular complexity index is 1510. The number of thiazole rings is 1. The SMILES string of the molecule is CCOc1cccc2nc(NC(=O)[C@@H](O)CNc3nccc4ccc(-c5noc(C)n5)cc34)sc12. The number of carbonyl (C=O) groups excluding carboxylic acids is 1. The van der Waals surface area contributed by atoms with Crippen molar-refractivity contribution in [1.29, 1.82) is 0 Å². The van der Waals surface area contributed by atoms with Gasteiger partial charge >= 0.3 is 0 Å². The van der Waals surface area contributed by atoms with Crippen LogP contribution in [0.3, 0.4) is 0 Å². The molecule has 0 aliphatic heterocycles. The molecule has 5 aromatic rings. The van der Waals surface area contributed by atoms with Crippen molar-refractivity contribution in [3.63, 3.8) is 0 Å². The number of aliphatic hydroxyl groups excluding tert-OH is 1. The molecule has 1 amide bonds. The van der Waals surface area contributed by atoms with Crippen LogP contribution in [0.15, 0.2) is 53.2 Å². The number of aromatic nitrogens is 4. The third-order valence-corrected chi connectivity index (χ3v) is 6.23. The van der Waals surface area contributed by atoms with Crippen molar-refractivity contribution >= 4 is 49.2 Å². The lowest BCUT2D eigenvalue weighted by atomic mass is 10.1. The highest BCUT2D eigenvalue weighted by Crippen LogP contribution is 2.33. The molecular formula is C24H22N6O4S. The van der Waals surface area contributed by atoms with Gasteiger partial charge in [-0.15, -0.1) is 0 Å². The molecule has 178 valence electrons. The Balaban J connectivity index is 1.29. The lowest BCUT2D eigenvalue weighted by molar-refractivity contribution is -0.123. The summed E-state index contributed by atoms with van der Waals surface area (Å²) in [5.41, 5.74) is 1.49. The molecule has 0 fully saturated rings. The van der Waals surface area contributed by atoms with Crippen molar-refractivity contribution in [3.05, 3.63) is 54.6 Å². The number of benzene rings is 2. The summed E-state index contributed by atoms with van der Waals surface area (Å²) in [4.78, 5) is 25.7. The molecule has 0 saturated carbocycles. The van der Waals surface area contributed by atoms with Crippen LogP contribution in [0.1, 0.15) is 12.8 Å². The van der Waals surface area contributed by atoms with Crippen molar-refractivity contribution in [2.24, 2.45) is 0 Å². The van der Waals surface area contributed by atoms with Gasteiger partial charge in [0.1, 0.15) is 17.7 Å². The number of aliphatic hydroxyl groups is 1. The minimum Gasteiger partial charge on any atom is -0.492 e. The lowest BCUT2D eigenvalue weighted by Gasteiger charge is -2.13. The molecule has 0 aliphatic rings. The van der Waals surface area contributed by atoms with Gasteiger partial charge in [0.2, 0.25) is 11.7 Å². The smallest absolute Gasteiger partial charge is 0.256 e. The van der Waals surface area contributed by atoms with Crippen molar-refractivity contribution < 1.29 is 19.2 Å². The van der Waals surface area contributed by atoms with Crippen molar-refractivity contribution in [2.75, 3.05) is 23.8 Å². The van der Waals surface area contributed by atoms with Crippen LogP contribution in [-0.2, 0) is 4.79 Å². The quantitative estimate of drug-likeness (QED) is 0.295. The van der Waals surface area contributed by atoms with E-state index in [1.807, 2.05) is 49.4 Å². The van der Waals surface area contributed by atoms with E-state index in [-0.39, 0.29) is 6.54 Å². The molecule has 0 saturated heterocycles. The lowest BCUT2D eigenvalue weighted by Crippen LogP contribution is -2.33. The fourth-order valence-corrected chi connectivity index (χ4v) is 4.52. The molecule has 5 rings (SSSR count). The third kappa shape index (κ3) is 4.77. The van der Waals surface area contributed by atoms with Crippen LogP contribution < -0.4 is 15.4 Å². The second-order valence-corrected chi connectivity index (χ2v) is 8.67. The Morgan fingerprint density at radius 1 is 1.23 bits per heavy atom. The van der Waals surface area contributed by atoms with Crippen LogP contribution in [0, 0.1) is 6.92 Å². The second-order valence-electron chi connectivity index (χ2n) is 7.67. The molecule has 0 unspecified atom stereocenters. The Kier molecular flexibility index (Phi) is 6.25. The molecular weight excluding hydrogens is 468 g/mol. The standard InChI is InChI=1S/C24H22N6O4S/c1-3-33-19-6-4-5-17-20(19)35-24(28-17)29-23(32)18(31)12-26-22-16-11-15(21-27-13(2)34-30-21)8-7-14(16)9-10-25-22/h4-11,18,31H,3,12H2,1-2H3,(H,25,26)(H,28,29,32)/t18-/m0/s1. The fraction of sp³-hybridized carbons (Fsp3) is 0.208. The molecule has 0 spiro atoms. The Labute approximate surface area is 204 Å². The first kappa shape index (κ1) is 22.7. The van der Waals surface area contributed by atoms with Crippen LogP contribution in [0.5, 0.6) is 5.75 Å². The Hall–Kier alpha value is -4.09. The number of nitrogens with zero attached hydrogens (tertiary/aromatic N) is 4. The number of aryl methyl sites for hydroxylation is 1. The molecule has 0 bridgehead atoms. The molecule has 35 heavy (non-hydrogen) atoms. The van der Waals surface area contributed by atoms with Crippen molar-refractivity contribution in [3.8, 4) is 17.1 Å². The van der Waals surface area contributed by atoms with E-state index in [0.29, 0.717) is 35.0 Å². The monoisotopic (exact) mass is 490 g/mol. The number of fused-ring (bicyclic) bond motifs is 2. The van der Waals surface area contributed by atoms with Gasteiger partial charge in [-0.1, -0.05) is 34.7 Å². The van der Waals surface area contributed by atoms with E-state index in [2.05, 4.69) is 30.7 Å². The summed E-state index contributed by atoms with van der Waals surface area (Å²) in [7, 11) is 0. The summed E-state index contributed by atoms with van der Waals surface area (Å²) in [5, 5.41) is 22.3. The molecule has 10 nitrogen and oxygen atoms in total. The zero-order chi connectivity index (χ0) is 24.4. The van der Waals surface area contributed by atoms with E-state index in [1.54, 1.807) is 13.1 Å². The molecule has 3 heterocycles. The number of nitrogens with one attached hydrogen (secondary N) is 2. The minimum absolute atomic E-state index is 0.0431. The minimum atomic E-state index is -1.33. The van der Waals surface area contributed by atoms with Gasteiger partial charge in [-0.2, -0.15) is 4.98 Å². The van der Waals surface area contributed by atoms with Gasteiger partial charge in [0, 0.05) is 24.1 Å². The van der Waals surface area contributed by atoms with Gasteiger partial charge < -0.3 is 19.7 Å². The Morgan fingerprint density at radius 2 is 2.11 bits per heavy atom. The maximum atomic E-state index is 12.6. The summed E-state index contributed by atoms with van der Waals surface area (Å²) in [6.45, 7) is 4.12. The van der Waals surface area contributed by atoms with E-state index in [1.165, 1.54) is 11.3 Å². The van der Waals surface area contributed by atoms with Gasteiger partial charge in [-0.3, -0.25) is 10.1 Å². The summed E-state index contributed by atoms with van der Waals surface area (Å²) >= 11 is 1.30. The van der Waals surface area contributed by atoms with Crippen LogP contribution in [0.2, 0.25) is 0 Å². The molecule has 0 aliphatic carbocycles. The predicted molar refractivity (Wildman–Crippen MR) is 134 cm³/mol. The molecule has 3 N–H and O–H groups in total. The van der Waals surface area contributed by atoms with Gasteiger partial charge in [-0.25, -0.2) is 9.97 Å². The van der Waals surface area contributed by atoms with Gasteiger partial charge in [-0.05, 0) is 36.6 Å². The van der Waals surface area contributed by atoms with E-state index in [4.69, 9.17) is 9.26 Å². The van der Waals surface area contributed by atoms with E-state index in [9.17, 15) is 9.90 Å². The fourth-order valence-electron chi connectivity index (χ4n) is 3.59. The largest absolute Gasteiger partial charge is 0.492 e. The van der Waals surface area contributed by atoms with Gasteiger partial charge in [0.05, 0.1) is 23.4 Å². The van der Waals surface area contributed by atoms with Gasteiger partial charge in [0.25, 0.3) is 5.91 Å². The average molecular weight is 491 g/mol. The molecule has 0 radical (unpaired) electrons. The van der Waals surface area contributed by atoms with E-state index in [0.717, 1.165) is 26.6 Å². The summed E-state index contributed by atoms with van der Waals surface area (Å²) in [6, 6.07) is 13.1. The topological polar surface area (TPSA) is 135 Å². The van der Waals surface area contributed by atoms with E-state index >= 15 is 0 Å². The molecule has 11 heteroatoms. The number of anilines is 2. The molecule has 3 aromatic heterocycles. The summed E-state index contributed by atoms with van der Waals surface area (Å²) < 4.78 is 11.5. The maximum Gasteiger partial charge on any atom is 0.256 e.